The summed E-state index contributed by atoms with van der Waals surface area (Å²) in [6, 6.07) is 1.59. The lowest BCUT2D eigenvalue weighted by atomic mass is 10.1. The number of nitrogens with one attached hydrogen (secondary N) is 1. The molecule has 1 aliphatic rings. The van der Waals surface area contributed by atoms with Gasteiger partial charge in [-0.3, -0.25) is 4.79 Å². The van der Waals surface area contributed by atoms with E-state index in [9.17, 15) is 4.79 Å². The van der Waals surface area contributed by atoms with Crippen LogP contribution in [0.2, 0.25) is 0 Å². The van der Waals surface area contributed by atoms with Crippen LogP contribution in [-0.2, 0) is 13.0 Å². The molecule has 0 atom stereocenters. The van der Waals surface area contributed by atoms with Gasteiger partial charge in [0, 0.05) is 13.0 Å². The second-order valence-electron chi connectivity index (χ2n) is 2.71. The summed E-state index contributed by atoms with van der Waals surface area (Å²) >= 11 is 0. The summed E-state index contributed by atoms with van der Waals surface area (Å²) in [4.78, 5) is 11.2. The molecule has 0 aliphatic carbocycles. The summed E-state index contributed by atoms with van der Waals surface area (Å²) in [6.45, 7) is 0.463. The van der Waals surface area contributed by atoms with Crippen LogP contribution in [0.15, 0.2) is 10.5 Å². The number of aliphatic hydroxyl groups excluding tert-OH is 1. The fourth-order valence-corrected chi connectivity index (χ4v) is 1.32. The first-order valence-corrected chi connectivity index (χ1v) is 3.82. The zero-order chi connectivity index (χ0) is 8.55. The third kappa shape index (κ3) is 1.00. The zero-order valence-corrected chi connectivity index (χ0v) is 6.46. The first-order chi connectivity index (χ1) is 5.81. The number of hydrogen-bond donors (Lipinski definition) is 2. The Bertz CT molecular complexity index is 316. The Morgan fingerprint density at radius 2 is 2.50 bits per heavy atom. The molecule has 0 unspecified atom stereocenters. The summed E-state index contributed by atoms with van der Waals surface area (Å²) in [6.07, 6.45) is 0.709. The second kappa shape index (κ2) is 2.64. The van der Waals surface area contributed by atoms with Crippen molar-refractivity contribution in [2.24, 2.45) is 0 Å². The number of aliphatic hydroxyl groups is 1. The number of rotatable bonds is 1. The Kier molecular flexibility index (Phi) is 1.62. The molecule has 64 valence electrons. The summed E-state index contributed by atoms with van der Waals surface area (Å²) in [7, 11) is 0. The molecule has 2 heterocycles. The molecule has 0 radical (unpaired) electrons. The van der Waals surface area contributed by atoms with E-state index in [0.717, 1.165) is 0 Å². The minimum atomic E-state index is -0.153. The fraction of sp³-hybridized carbons (Fsp3) is 0.375. The molecule has 12 heavy (non-hydrogen) atoms. The van der Waals surface area contributed by atoms with E-state index in [-0.39, 0.29) is 12.5 Å². The lowest BCUT2D eigenvalue weighted by Gasteiger charge is -2.09. The fourth-order valence-electron chi connectivity index (χ4n) is 1.32. The Balaban J connectivity index is 2.43. The maximum Gasteiger partial charge on any atom is 0.254 e. The lowest BCUT2D eigenvalue weighted by molar-refractivity contribution is 0.0942. The average molecular weight is 167 g/mol. The molecule has 1 aromatic rings. The second-order valence-corrected chi connectivity index (χ2v) is 2.71. The normalized spacial score (nSPS) is 15.6. The number of fused-ring (bicyclic) bond motifs is 1. The Labute approximate surface area is 69.2 Å². The SMILES string of the molecule is O=C1NCCc2oc(CO)cc21. The third-order valence-electron chi connectivity index (χ3n) is 1.90. The monoisotopic (exact) mass is 167 g/mol. The molecule has 0 saturated carbocycles. The van der Waals surface area contributed by atoms with E-state index in [1.807, 2.05) is 0 Å². The van der Waals surface area contributed by atoms with E-state index in [4.69, 9.17) is 9.52 Å². The van der Waals surface area contributed by atoms with Crippen LogP contribution in [0.1, 0.15) is 21.9 Å². The smallest absolute Gasteiger partial charge is 0.254 e. The van der Waals surface area contributed by atoms with Crippen molar-refractivity contribution in [3.8, 4) is 0 Å². The van der Waals surface area contributed by atoms with Crippen molar-refractivity contribution in [3.05, 3.63) is 23.2 Å². The Morgan fingerprint density at radius 3 is 3.17 bits per heavy atom. The van der Waals surface area contributed by atoms with E-state index in [2.05, 4.69) is 5.32 Å². The van der Waals surface area contributed by atoms with Crippen LogP contribution >= 0.6 is 0 Å². The van der Waals surface area contributed by atoms with Crippen LogP contribution in [-0.4, -0.2) is 17.6 Å². The first-order valence-electron chi connectivity index (χ1n) is 3.82. The molecule has 2 N–H and O–H groups in total. The van der Waals surface area contributed by atoms with Gasteiger partial charge in [0.05, 0.1) is 5.56 Å². The number of carbonyl (C=O) groups is 1. The summed E-state index contributed by atoms with van der Waals surface area (Å²) in [5.74, 6) is 1.03. The number of carbonyl (C=O) groups excluding carboxylic acids is 1. The van der Waals surface area contributed by atoms with Crippen molar-refractivity contribution < 1.29 is 14.3 Å². The molecule has 1 amide bonds. The molecule has 4 nitrogen and oxygen atoms in total. The van der Waals surface area contributed by atoms with E-state index in [1.54, 1.807) is 6.07 Å². The van der Waals surface area contributed by atoms with Crippen molar-refractivity contribution in [2.75, 3.05) is 6.54 Å². The standard InChI is InChI=1S/C8H9NO3/c10-4-5-3-6-7(12-5)1-2-9-8(6)11/h3,10H,1-2,4H2,(H,9,11). The van der Waals surface area contributed by atoms with Gasteiger partial charge >= 0.3 is 0 Å². The van der Waals surface area contributed by atoms with Crippen molar-refractivity contribution in [1.82, 2.24) is 5.32 Å². The number of amides is 1. The van der Waals surface area contributed by atoms with Crippen LogP contribution in [0.25, 0.3) is 0 Å². The van der Waals surface area contributed by atoms with Gasteiger partial charge in [0.2, 0.25) is 0 Å². The molecule has 0 fully saturated rings. The van der Waals surface area contributed by atoms with Crippen molar-refractivity contribution in [3.63, 3.8) is 0 Å². The van der Waals surface area contributed by atoms with E-state index >= 15 is 0 Å². The highest BCUT2D eigenvalue weighted by Crippen LogP contribution is 2.18. The van der Waals surface area contributed by atoms with Crippen LogP contribution in [0, 0.1) is 0 Å². The van der Waals surface area contributed by atoms with Crippen LogP contribution in [0.4, 0.5) is 0 Å². The summed E-state index contributed by atoms with van der Waals surface area (Å²) in [5.41, 5.74) is 0.560. The topological polar surface area (TPSA) is 62.5 Å². The minimum Gasteiger partial charge on any atom is -0.463 e. The molecule has 2 rings (SSSR count). The highest BCUT2D eigenvalue weighted by molar-refractivity contribution is 5.96. The van der Waals surface area contributed by atoms with Gasteiger partial charge in [-0.2, -0.15) is 0 Å². The largest absolute Gasteiger partial charge is 0.463 e. The van der Waals surface area contributed by atoms with Crippen molar-refractivity contribution >= 4 is 5.91 Å². The molecule has 0 bridgehead atoms. The minimum absolute atomic E-state index is 0.111. The van der Waals surface area contributed by atoms with Gasteiger partial charge in [-0.25, -0.2) is 0 Å². The Hall–Kier alpha value is -1.29. The average Bonchev–Trinajstić information content (AvgIpc) is 2.49. The predicted octanol–water partition coefficient (Wildman–Crippen LogP) is 0.0578. The van der Waals surface area contributed by atoms with Gasteiger partial charge < -0.3 is 14.8 Å². The molecule has 4 heteroatoms. The Morgan fingerprint density at radius 1 is 1.67 bits per heavy atom. The highest BCUT2D eigenvalue weighted by atomic mass is 16.4. The maximum atomic E-state index is 11.2. The lowest BCUT2D eigenvalue weighted by Crippen LogP contribution is -2.30. The van der Waals surface area contributed by atoms with Gasteiger partial charge in [-0.05, 0) is 6.07 Å². The molecular weight excluding hydrogens is 158 g/mol. The molecule has 1 aliphatic heterocycles. The molecule has 0 spiro atoms. The third-order valence-corrected chi connectivity index (χ3v) is 1.90. The first kappa shape index (κ1) is 7.36. The summed E-state index contributed by atoms with van der Waals surface area (Å²) in [5, 5.41) is 11.4. The zero-order valence-electron chi connectivity index (χ0n) is 6.46. The van der Waals surface area contributed by atoms with Crippen molar-refractivity contribution in [1.29, 1.82) is 0 Å². The van der Waals surface area contributed by atoms with E-state index < -0.39 is 0 Å². The molecule has 1 aromatic heterocycles. The predicted molar refractivity (Wildman–Crippen MR) is 40.7 cm³/mol. The maximum absolute atomic E-state index is 11.2. The van der Waals surface area contributed by atoms with Gasteiger partial charge in [0.1, 0.15) is 18.1 Å². The van der Waals surface area contributed by atoms with Crippen LogP contribution < -0.4 is 5.32 Å². The van der Waals surface area contributed by atoms with Crippen LogP contribution in [0.3, 0.4) is 0 Å². The molecular formula is C8H9NO3. The van der Waals surface area contributed by atoms with E-state index in [1.165, 1.54) is 0 Å². The van der Waals surface area contributed by atoms with Gasteiger partial charge in [-0.1, -0.05) is 0 Å². The highest BCUT2D eigenvalue weighted by Gasteiger charge is 2.20. The quantitative estimate of drug-likeness (QED) is 0.621. The number of furan rings is 1. The van der Waals surface area contributed by atoms with E-state index in [0.29, 0.717) is 30.0 Å². The van der Waals surface area contributed by atoms with Crippen LogP contribution in [0.5, 0.6) is 0 Å². The van der Waals surface area contributed by atoms with Gasteiger partial charge in [0.15, 0.2) is 0 Å². The summed E-state index contributed by atoms with van der Waals surface area (Å²) < 4.78 is 5.21. The van der Waals surface area contributed by atoms with Gasteiger partial charge in [0.25, 0.3) is 5.91 Å². The van der Waals surface area contributed by atoms with Gasteiger partial charge in [-0.15, -0.1) is 0 Å². The van der Waals surface area contributed by atoms with Crippen molar-refractivity contribution in [2.45, 2.75) is 13.0 Å². The molecule has 0 aromatic carbocycles. The number of hydrogen-bond acceptors (Lipinski definition) is 3. The molecule has 0 saturated heterocycles.